The van der Waals surface area contributed by atoms with E-state index in [1.165, 1.54) is 0 Å². The maximum atomic E-state index is 10.6. The minimum absolute atomic E-state index is 0.121. The highest BCUT2D eigenvalue weighted by Gasteiger charge is 1.92. The summed E-state index contributed by atoms with van der Waals surface area (Å²) in [5.41, 5.74) is 0.775. The number of benzene rings is 1. The van der Waals surface area contributed by atoms with Crippen LogP contribution in [0.5, 0.6) is 0 Å². The number of hydrogen-bond donors (Lipinski definition) is 1. The highest BCUT2D eigenvalue weighted by molar-refractivity contribution is 5.93. The van der Waals surface area contributed by atoms with Crippen molar-refractivity contribution in [2.24, 2.45) is 0 Å². The van der Waals surface area contributed by atoms with E-state index in [0.29, 0.717) is 0 Å². The van der Waals surface area contributed by atoms with Crippen LogP contribution < -0.4 is 0 Å². The maximum Gasteiger partial charge on any atom is 0.505 e. The van der Waals surface area contributed by atoms with Crippen LogP contribution in [0.3, 0.4) is 0 Å². The molecule has 1 aromatic carbocycles. The maximum absolute atomic E-state index is 10.6. The summed E-state index contributed by atoms with van der Waals surface area (Å²) in [6, 6.07) is 9.23. The van der Waals surface area contributed by atoms with Crippen molar-refractivity contribution in [2.45, 2.75) is 6.92 Å². The lowest BCUT2D eigenvalue weighted by molar-refractivity contribution is 0.101. The number of methoxy groups -OCH3 is 1. The minimum Gasteiger partial charge on any atom is -0.450 e. The van der Waals surface area contributed by atoms with Crippen molar-refractivity contribution in [3.63, 3.8) is 0 Å². The molecule has 0 saturated heterocycles. The number of ketones is 1. The highest BCUT2D eigenvalue weighted by Crippen LogP contribution is 1.97. The van der Waals surface area contributed by atoms with E-state index in [4.69, 9.17) is 9.90 Å². The zero-order valence-electron chi connectivity index (χ0n) is 8.06. The van der Waals surface area contributed by atoms with Gasteiger partial charge in [0.2, 0.25) is 0 Å². The van der Waals surface area contributed by atoms with Gasteiger partial charge < -0.3 is 9.84 Å². The largest absolute Gasteiger partial charge is 0.505 e. The smallest absolute Gasteiger partial charge is 0.450 e. The fraction of sp³-hybridized carbons (Fsp3) is 0.200. The predicted molar refractivity (Wildman–Crippen MR) is 51.5 cm³/mol. The summed E-state index contributed by atoms with van der Waals surface area (Å²) in [5, 5.41) is 7.50. The molecule has 0 unspecified atom stereocenters. The molecule has 0 aromatic heterocycles. The third kappa shape index (κ3) is 5.77. The van der Waals surface area contributed by atoms with Crippen molar-refractivity contribution in [1.29, 1.82) is 0 Å². The summed E-state index contributed by atoms with van der Waals surface area (Å²) in [7, 11) is 1.10. The molecule has 0 saturated carbocycles. The fourth-order valence-electron chi connectivity index (χ4n) is 0.673. The first-order valence-corrected chi connectivity index (χ1v) is 3.90. The number of carboxylic acid groups (broad SMARTS) is 1. The van der Waals surface area contributed by atoms with Gasteiger partial charge in [-0.2, -0.15) is 0 Å². The van der Waals surface area contributed by atoms with Gasteiger partial charge in [0.25, 0.3) is 0 Å². The molecular formula is C10H12O4. The number of Topliss-reactive ketones (excluding diaryl/α,β-unsaturated/α-hetero) is 1. The van der Waals surface area contributed by atoms with Crippen molar-refractivity contribution in [3.8, 4) is 0 Å². The third-order valence-electron chi connectivity index (χ3n) is 1.35. The van der Waals surface area contributed by atoms with E-state index in [1.807, 2.05) is 30.3 Å². The van der Waals surface area contributed by atoms with Gasteiger partial charge in [0.15, 0.2) is 5.78 Å². The van der Waals surface area contributed by atoms with Gasteiger partial charge in [-0.15, -0.1) is 0 Å². The fourth-order valence-corrected chi connectivity index (χ4v) is 0.673. The standard InChI is InChI=1S/C8H8O.C2H4O3/c1-7(9)8-5-3-2-4-6-8;1-5-2(3)4/h2-6H,1H3;1H3,(H,3,4). The Balaban J connectivity index is 0.000000292. The molecule has 0 amide bonds. The van der Waals surface area contributed by atoms with Gasteiger partial charge >= 0.3 is 6.16 Å². The summed E-state index contributed by atoms with van der Waals surface area (Å²) < 4.78 is 3.67. The molecule has 0 heterocycles. The molecule has 0 atom stereocenters. The Labute approximate surface area is 82.1 Å². The second-order valence-electron chi connectivity index (χ2n) is 2.39. The van der Waals surface area contributed by atoms with Gasteiger partial charge in [-0.05, 0) is 6.92 Å². The number of ether oxygens (including phenoxy) is 1. The second kappa shape index (κ2) is 6.65. The molecule has 0 aliphatic carbocycles. The van der Waals surface area contributed by atoms with Gasteiger partial charge in [0.1, 0.15) is 0 Å². The molecule has 4 nitrogen and oxygen atoms in total. The molecule has 1 aromatic rings. The van der Waals surface area contributed by atoms with E-state index in [0.717, 1.165) is 12.7 Å². The Morgan fingerprint density at radius 2 is 1.64 bits per heavy atom. The van der Waals surface area contributed by atoms with Crippen LogP contribution >= 0.6 is 0 Å². The molecule has 1 N–H and O–H groups in total. The van der Waals surface area contributed by atoms with Crippen LogP contribution in [-0.2, 0) is 4.74 Å². The second-order valence-corrected chi connectivity index (χ2v) is 2.39. The lowest BCUT2D eigenvalue weighted by Gasteiger charge is -1.89. The summed E-state index contributed by atoms with van der Waals surface area (Å²) in [5.74, 6) is 0.121. The number of carbonyl (C=O) groups is 2. The molecule has 14 heavy (non-hydrogen) atoms. The molecular weight excluding hydrogens is 184 g/mol. The normalized spacial score (nSPS) is 8.14. The van der Waals surface area contributed by atoms with Gasteiger partial charge in [-0.1, -0.05) is 30.3 Å². The Bertz CT molecular complexity index is 292. The first-order valence-electron chi connectivity index (χ1n) is 3.90. The van der Waals surface area contributed by atoms with Crippen LogP contribution in [-0.4, -0.2) is 24.2 Å². The van der Waals surface area contributed by atoms with E-state index in [2.05, 4.69) is 4.74 Å². The van der Waals surface area contributed by atoms with Crippen molar-refractivity contribution < 1.29 is 19.4 Å². The monoisotopic (exact) mass is 196 g/mol. The van der Waals surface area contributed by atoms with E-state index in [1.54, 1.807) is 6.92 Å². The average Bonchev–Trinajstić information content (AvgIpc) is 2.20. The van der Waals surface area contributed by atoms with Crippen LogP contribution in [0.15, 0.2) is 30.3 Å². The first-order chi connectivity index (χ1) is 6.57. The van der Waals surface area contributed by atoms with Crippen LogP contribution in [0.25, 0.3) is 0 Å². The van der Waals surface area contributed by atoms with Gasteiger partial charge in [-0.3, -0.25) is 4.79 Å². The zero-order valence-corrected chi connectivity index (χ0v) is 8.06. The Kier molecular flexibility index (Phi) is 5.78. The molecule has 0 aliphatic rings. The van der Waals surface area contributed by atoms with Crippen molar-refractivity contribution in [2.75, 3.05) is 7.11 Å². The van der Waals surface area contributed by atoms with E-state index >= 15 is 0 Å². The van der Waals surface area contributed by atoms with Gasteiger partial charge in [0, 0.05) is 5.56 Å². The quantitative estimate of drug-likeness (QED) is 0.552. The molecule has 0 aliphatic heterocycles. The summed E-state index contributed by atoms with van der Waals surface area (Å²) in [6.07, 6.45) is -1.25. The van der Waals surface area contributed by atoms with E-state index in [9.17, 15) is 4.79 Å². The van der Waals surface area contributed by atoms with Crippen LogP contribution in [0.1, 0.15) is 17.3 Å². The number of carbonyl (C=O) groups excluding carboxylic acids is 1. The Morgan fingerprint density at radius 1 is 1.21 bits per heavy atom. The molecule has 4 heteroatoms. The first kappa shape index (κ1) is 12.2. The summed E-state index contributed by atoms with van der Waals surface area (Å²) in [4.78, 5) is 19.8. The highest BCUT2D eigenvalue weighted by atomic mass is 16.6. The van der Waals surface area contributed by atoms with Crippen LogP contribution in [0.2, 0.25) is 0 Å². The minimum atomic E-state index is -1.25. The molecule has 76 valence electrons. The molecule has 0 spiro atoms. The van der Waals surface area contributed by atoms with Crippen molar-refractivity contribution in [3.05, 3.63) is 35.9 Å². The lowest BCUT2D eigenvalue weighted by atomic mass is 10.2. The SMILES string of the molecule is CC(=O)c1ccccc1.COC(=O)O. The lowest BCUT2D eigenvalue weighted by Crippen LogP contribution is -1.91. The molecule has 0 radical (unpaired) electrons. The summed E-state index contributed by atoms with van der Waals surface area (Å²) >= 11 is 0. The Morgan fingerprint density at radius 3 is 1.86 bits per heavy atom. The third-order valence-corrected chi connectivity index (χ3v) is 1.35. The zero-order chi connectivity index (χ0) is 11.0. The van der Waals surface area contributed by atoms with Crippen molar-refractivity contribution in [1.82, 2.24) is 0 Å². The van der Waals surface area contributed by atoms with Crippen molar-refractivity contribution >= 4 is 11.9 Å². The predicted octanol–water partition coefficient (Wildman–Crippen LogP) is 2.20. The Hall–Kier alpha value is -1.84. The van der Waals surface area contributed by atoms with E-state index < -0.39 is 6.16 Å². The van der Waals surface area contributed by atoms with Gasteiger partial charge in [0.05, 0.1) is 7.11 Å². The number of rotatable bonds is 1. The van der Waals surface area contributed by atoms with Crippen LogP contribution in [0, 0.1) is 0 Å². The molecule has 0 bridgehead atoms. The molecule has 0 fully saturated rings. The topological polar surface area (TPSA) is 63.6 Å². The van der Waals surface area contributed by atoms with Crippen LogP contribution in [0.4, 0.5) is 4.79 Å². The number of hydrogen-bond acceptors (Lipinski definition) is 3. The average molecular weight is 196 g/mol. The summed E-state index contributed by atoms with van der Waals surface area (Å²) in [6.45, 7) is 1.56. The van der Waals surface area contributed by atoms with Gasteiger partial charge in [-0.25, -0.2) is 4.79 Å². The van der Waals surface area contributed by atoms with E-state index in [-0.39, 0.29) is 5.78 Å². The molecule has 1 rings (SSSR count).